The smallest absolute Gasteiger partial charge is 0.137 e. The van der Waals surface area contributed by atoms with Crippen molar-refractivity contribution in [3.8, 4) is 0 Å². The summed E-state index contributed by atoms with van der Waals surface area (Å²) in [7, 11) is 1.96. The molecule has 3 rings (SSSR count). The van der Waals surface area contributed by atoms with Crippen LogP contribution in [-0.2, 0) is 6.54 Å². The number of aryl methyl sites for hydroxylation is 1. The summed E-state index contributed by atoms with van der Waals surface area (Å²) in [6.45, 7) is 2.92. The van der Waals surface area contributed by atoms with E-state index in [9.17, 15) is 0 Å². The minimum atomic E-state index is 0.716. The maximum absolute atomic E-state index is 6.04. The molecular formula is C14H16BrNO. The third-order valence-electron chi connectivity index (χ3n) is 3.38. The van der Waals surface area contributed by atoms with Crippen LogP contribution in [0.1, 0.15) is 35.6 Å². The molecule has 1 saturated carbocycles. The van der Waals surface area contributed by atoms with Crippen LogP contribution in [0.25, 0.3) is 11.0 Å². The number of hydrogen-bond donors (Lipinski definition) is 1. The van der Waals surface area contributed by atoms with E-state index in [2.05, 4.69) is 40.3 Å². The standard InChI is InChI=1S/C14H16BrNO/c1-8-5-10(15)6-11-13(9-3-4-9)12(7-16-2)17-14(8)11/h5-6,9,16H,3-4,7H2,1-2H3. The quantitative estimate of drug-likeness (QED) is 0.922. The van der Waals surface area contributed by atoms with Gasteiger partial charge in [-0.05, 0) is 50.4 Å². The second-order valence-electron chi connectivity index (χ2n) is 4.84. The number of furan rings is 1. The van der Waals surface area contributed by atoms with Gasteiger partial charge in [-0.15, -0.1) is 0 Å². The molecule has 0 bridgehead atoms. The zero-order valence-electron chi connectivity index (χ0n) is 10.1. The van der Waals surface area contributed by atoms with Crippen molar-refractivity contribution in [3.63, 3.8) is 0 Å². The van der Waals surface area contributed by atoms with Crippen molar-refractivity contribution in [1.29, 1.82) is 0 Å². The number of nitrogens with one attached hydrogen (secondary N) is 1. The van der Waals surface area contributed by atoms with Crippen molar-refractivity contribution in [2.45, 2.75) is 32.2 Å². The fourth-order valence-corrected chi connectivity index (χ4v) is 3.08. The van der Waals surface area contributed by atoms with Gasteiger partial charge in [-0.25, -0.2) is 0 Å². The molecule has 2 aromatic rings. The second kappa shape index (κ2) is 4.14. The Labute approximate surface area is 110 Å². The van der Waals surface area contributed by atoms with E-state index in [4.69, 9.17) is 4.42 Å². The maximum Gasteiger partial charge on any atom is 0.137 e. The van der Waals surface area contributed by atoms with Gasteiger partial charge >= 0.3 is 0 Å². The van der Waals surface area contributed by atoms with Crippen LogP contribution >= 0.6 is 15.9 Å². The molecule has 1 aromatic heterocycles. The number of hydrogen-bond acceptors (Lipinski definition) is 2. The van der Waals surface area contributed by atoms with E-state index >= 15 is 0 Å². The molecule has 1 aliphatic carbocycles. The normalized spacial score (nSPS) is 15.7. The van der Waals surface area contributed by atoms with Crippen LogP contribution < -0.4 is 5.32 Å². The summed E-state index contributed by atoms with van der Waals surface area (Å²) in [6.07, 6.45) is 2.60. The molecule has 1 heterocycles. The second-order valence-corrected chi connectivity index (χ2v) is 5.76. The Balaban J connectivity index is 2.26. The predicted octanol–water partition coefficient (Wildman–Crippen LogP) is 4.10. The maximum atomic E-state index is 6.04. The lowest BCUT2D eigenvalue weighted by Crippen LogP contribution is -2.05. The topological polar surface area (TPSA) is 25.2 Å². The zero-order chi connectivity index (χ0) is 12.0. The van der Waals surface area contributed by atoms with Crippen LogP contribution in [-0.4, -0.2) is 7.05 Å². The lowest BCUT2D eigenvalue weighted by Gasteiger charge is -2.00. The first kappa shape index (κ1) is 11.3. The molecule has 1 aromatic carbocycles. The third kappa shape index (κ3) is 1.91. The molecule has 0 amide bonds. The van der Waals surface area contributed by atoms with Gasteiger partial charge in [0.2, 0.25) is 0 Å². The lowest BCUT2D eigenvalue weighted by molar-refractivity contribution is 0.522. The highest BCUT2D eigenvalue weighted by Gasteiger charge is 2.31. The summed E-state index contributed by atoms with van der Waals surface area (Å²) < 4.78 is 7.18. The van der Waals surface area contributed by atoms with Gasteiger partial charge in [0.05, 0.1) is 6.54 Å². The molecule has 1 fully saturated rings. The molecular weight excluding hydrogens is 278 g/mol. The molecule has 0 unspecified atom stereocenters. The molecule has 0 spiro atoms. The Kier molecular flexibility index (Phi) is 2.75. The first-order chi connectivity index (χ1) is 8.20. The highest BCUT2D eigenvalue weighted by atomic mass is 79.9. The minimum Gasteiger partial charge on any atom is -0.459 e. The van der Waals surface area contributed by atoms with Gasteiger partial charge in [0.1, 0.15) is 11.3 Å². The van der Waals surface area contributed by atoms with Gasteiger partial charge in [-0.2, -0.15) is 0 Å². The first-order valence-electron chi connectivity index (χ1n) is 6.06. The summed E-state index contributed by atoms with van der Waals surface area (Å²) in [5.41, 5.74) is 3.69. The van der Waals surface area contributed by atoms with Crippen LogP contribution in [0, 0.1) is 6.92 Å². The monoisotopic (exact) mass is 293 g/mol. The van der Waals surface area contributed by atoms with Gasteiger partial charge in [-0.1, -0.05) is 15.9 Å². The van der Waals surface area contributed by atoms with Gasteiger partial charge < -0.3 is 9.73 Å². The van der Waals surface area contributed by atoms with E-state index in [1.807, 2.05) is 7.05 Å². The summed E-state index contributed by atoms with van der Waals surface area (Å²) in [5, 5.41) is 4.49. The van der Waals surface area contributed by atoms with E-state index in [0.29, 0.717) is 5.92 Å². The zero-order valence-corrected chi connectivity index (χ0v) is 11.7. The molecule has 1 aliphatic rings. The Morgan fingerprint density at radius 2 is 2.18 bits per heavy atom. The lowest BCUT2D eigenvalue weighted by atomic mass is 10.0. The highest BCUT2D eigenvalue weighted by molar-refractivity contribution is 9.10. The first-order valence-corrected chi connectivity index (χ1v) is 6.86. The van der Waals surface area contributed by atoms with Crippen LogP contribution in [0.5, 0.6) is 0 Å². The molecule has 2 nitrogen and oxygen atoms in total. The van der Waals surface area contributed by atoms with Crippen molar-refractivity contribution in [2.75, 3.05) is 7.05 Å². The van der Waals surface area contributed by atoms with E-state index in [1.54, 1.807) is 0 Å². The van der Waals surface area contributed by atoms with Crippen molar-refractivity contribution in [2.24, 2.45) is 0 Å². The number of fused-ring (bicyclic) bond motifs is 1. The Bertz CT molecular complexity index is 569. The highest BCUT2D eigenvalue weighted by Crippen LogP contribution is 2.47. The van der Waals surface area contributed by atoms with Crippen LogP contribution in [0.4, 0.5) is 0 Å². The van der Waals surface area contributed by atoms with Crippen LogP contribution in [0.15, 0.2) is 21.0 Å². The molecule has 0 saturated heterocycles. The number of benzene rings is 1. The largest absolute Gasteiger partial charge is 0.459 e. The fraction of sp³-hybridized carbons (Fsp3) is 0.429. The Morgan fingerprint density at radius 1 is 1.41 bits per heavy atom. The molecule has 0 aliphatic heterocycles. The summed E-state index contributed by atoms with van der Waals surface area (Å²) in [5.74, 6) is 1.83. The van der Waals surface area contributed by atoms with Crippen molar-refractivity contribution in [3.05, 3.63) is 33.5 Å². The van der Waals surface area contributed by atoms with Gasteiger partial charge in [0, 0.05) is 15.4 Å². The molecule has 0 atom stereocenters. The van der Waals surface area contributed by atoms with Crippen LogP contribution in [0.2, 0.25) is 0 Å². The van der Waals surface area contributed by atoms with Crippen LogP contribution in [0.3, 0.4) is 0 Å². The average molecular weight is 294 g/mol. The SMILES string of the molecule is CNCc1oc2c(C)cc(Br)cc2c1C1CC1. The molecule has 0 radical (unpaired) electrons. The van der Waals surface area contributed by atoms with Gasteiger partial charge in [0.15, 0.2) is 0 Å². The third-order valence-corrected chi connectivity index (χ3v) is 3.84. The number of halogens is 1. The predicted molar refractivity (Wildman–Crippen MR) is 73.4 cm³/mol. The van der Waals surface area contributed by atoms with E-state index in [0.717, 1.165) is 22.4 Å². The Hall–Kier alpha value is -0.800. The summed E-state index contributed by atoms with van der Waals surface area (Å²) >= 11 is 3.58. The van der Waals surface area contributed by atoms with E-state index in [1.165, 1.54) is 29.4 Å². The van der Waals surface area contributed by atoms with E-state index in [-0.39, 0.29) is 0 Å². The van der Waals surface area contributed by atoms with Crippen molar-refractivity contribution in [1.82, 2.24) is 5.32 Å². The van der Waals surface area contributed by atoms with E-state index < -0.39 is 0 Å². The molecule has 17 heavy (non-hydrogen) atoms. The number of rotatable bonds is 3. The van der Waals surface area contributed by atoms with Gasteiger partial charge in [0.25, 0.3) is 0 Å². The fourth-order valence-electron chi connectivity index (χ4n) is 2.51. The molecule has 90 valence electrons. The Morgan fingerprint density at radius 3 is 2.82 bits per heavy atom. The molecule has 1 N–H and O–H groups in total. The summed E-state index contributed by atoms with van der Waals surface area (Å²) in [4.78, 5) is 0. The van der Waals surface area contributed by atoms with Crippen molar-refractivity contribution < 1.29 is 4.42 Å². The minimum absolute atomic E-state index is 0.716. The molecule has 3 heteroatoms. The average Bonchev–Trinajstić information content (AvgIpc) is 3.03. The van der Waals surface area contributed by atoms with Gasteiger partial charge in [-0.3, -0.25) is 0 Å². The summed E-state index contributed by atoms with van der Waals surface area (Å²) in [6, 6.07) is 4.31. The van der Waals surface area contributed by atoms with Crippen molar-refractivity contribution >= 4 is 26.9 Å².